The standard InChI is InChI=1S/C14H21N/c1-3-5-6-9-12-10-7-8-11-13(12)14(15)4-2/h4,7-8,10-11,14H,2-3,5-6,9,15H2,1H3. The van der Waals surface area contributed by atoms with E-state index in [4.69, 9.17) is 5.73 Å². The molecule has 0 aliphatic heterocycles. The Balaban J connectivity index is 2.72. The van der Waals surface area contributed by atoms with Crippen molar-refractivity contribution in [1.29, 1.82) is 0 Å². The second kappa shape index (κ2) is 6.41. The molecule has 0 heterocycles. The highest BCUT2D eigenvalue weighted by atomic mass is 14.6. The summed E-state index contributed by atoms with van der Waals surface area (Å²) in [5.74, 6) is 0. The molecule has 0 aromatic heterocycles. The molecule has 0 amide bonds. The smallest absolute Gasteiger partial charge is 0.0481 e. The molecule has 0 aliphatic rings. The van der Waals surface area contributed by atoms with Gasteiger partial charge >= 0.3 is 0 Å². The molecule has 1 unspecified atom stereocenters. The van der Waals surface area contributed by atoms with Gasteiger partial charge in [-0.1, -0.05) is 50.1 Å². The summed E-state index contributed by atoms with van der Waals surface area (Å²) in [4.78, 5) is 0. The Morgan fingerprint density at radius 3 is 2.73 bits per heavy atom. The highest BCUT2D eigenvalue weighted by Gasteiger charge is 2.06. The van der Waals surface area contributed by atoms with E-state index < -0.39 is 0 Å². The van der Waals surface area contributed by atoms with E-state index in [1.807, 2.05) is 6.07 Å². The zero-order chi connectivity index (χ0) is 11.1. The number of rotatable bonds is 6. The molecule has 15 heavy (non-hydrogen) atoms. The minimum Gasteiger partial charge on any atom is -0.321 e. The van der Waals surface area contributed by atoms with E-state index in [-0.39, 0.29) is 6.04 Å². The summed E-state index contributed by atoms with van der Waals surface area (Å²) in [5.41, 5.74) is 8.58. The molecular weight excluding hydrogens is 182 g/mol. The van der Waals surface area contributed by atoms with Crippen LogP contribution in [0.1, 0.15) is 43.4 Å². The summed E-state index contributed by atoms with van der Waals surface area (Å²) in [6.45, 7) is 5.97. The minimum atomic E-state index is -0.0252. The molecule has 1 rings (SSSR count). The van der Waals surface area contributed by atoms with Gasteiger partial charge < -0.3 is 5.73 Å². The van der Waals surface area contributed by atoms with Crippen molar-refractivity contribution in [2.45, 2.75) is 38.6 Å². The first-order valence-corrected chi connectivity index (χ1v) is 5.75. The third-order valence-electron chi connectivity index (χ3n) is 2.72. The van der Waals surface area contributed by atoms with Gasteiger partial charge in [0.15, 0.2) is 0 Å². The fourth-order valence-corrected chi connectivity index (χ4v) is 1.78. The molecule has 0 spiro atoms. The first-order chi connectivity index (χ1) is 7.29. The average molecular weight is 203 g/mol. The van der Waals surface area contributed by atoms with Gasteiger partial charge in [0.2, 0.25) is 0 Å². The van der Waals surface area contributed by atoms with Gasteiger partial charge in [0.1, 0.15) is 0 Å². The Bertz CT molecular complexity index is 304. The largest absolute Gasteiger partial charge is 0.321 e. The van der Waals surface area contributed by atoms with E-state index in [9.17, 15) is 0 Å². The van der Waals surface area contributed by atoms with Crippen molar-refractivity contribution in [2.75, 3.05) is 0 Å². The first-order valence-electron chi connectivity index (χ1n) is 5.75. The fourth-order valence-electron chi connectivity index (χ4n) is 1.78. The molecule has 0 radical (unpaired) electrons. The van der Waals surface area contributed by atoms with Gasteiger partial charge in [0, 0.05) is 6.04 Å². The van der Waals surface area contributed by atoms with Gasteiger partial charge in [0.25, 0.3) is 0 Å². The van der Waals surface area contributed by atoms with Gasteiger partial charge in [-0.25, -0.2) is 0 Å². The normalized spacial score (nSPS) is 12.4. The van der Waals surface area contributed by atoms with Crippen LogP contribution < -0.4 is 5.73 Å². The lowest BCUT2D eigenvalue weighted by Gasteiger charge is -2.12. The van der Waals surface area contributed by atoms with E-state index in [1.54, 1.807) is 6.08 Å². The second-order valence-electron chi connectivity index (χ2n) is 3.92. The number of nitrogens with two attached hydrogens (primary N) is 1. The van der Waals surface area contributed by atoms with E-state index in [1.165, 1.54) is 30.4 Å². The Hall–Kier alpha value is -1.08. The molecule has 0 aliphatic carbocycles. The zero-order valence-corrected chi connectivity index (χ0v) is 9.58. The van der Waals surface area contributed by atoms with Crippen molar-refractivity contribution < 1.29 is 0 Å². The number of aryl methyl sites for hydroxylation is 1. The van der Waals surface area contributed by atoms with Crippen molar-refractivity contribution in [2.24, 2.45) is 5.73 Å². The number of benzene rings is 1. The lowest BCUT2D eigenvalue weighted by molar-refractivity contribution is 0.709. The topological polar surface area (TPSA) is 26.0 Å². The van der Waals surface area contributed by atoms with Crippen LogP contribution >= 0.6 is 0 Å². The van der Waals surface area contributed by atoms with Gasteiger partial charge in [-0.15, -0.1) is 6.58 Å². The summed E-state index contributed by atoms with van der Waals surface area (Å²) < 4.78 is 0. The minimum absolute atomic E-state index is 0.0252. The van der Waals surface area contributed by atoms with Gasteiger partial charge in [-0.3, -0.25) is 0 Å². The Labute approximate surface area is 93.0 Å². The maximum atomic E-state index is 5.98. The third kappa shape index (κ3) is 3.52. The summed E-state index contributed by atoms with van der Waals surface area (Å²) in [7, 11) is 0. The molecule has 2 N–H and O–H groups in total. The van der Waals surface area contributed by atoms with E-state index in [0.29, 0.717) is 0 Å². The Kier molecular flexibility index (Phi) is 5.13. The predicted molar refractivity (Wildman–Crippen MR) is 66.8 cm³/mol. The summed E-state index contributed by atoms with van der Waals surface area (Å²) in [6, 6.07) is 8.38. The lowest BCUT2D eigenvalue weighted by Crippen LogP contribution is -2.09. The second-order valence-corrected chi connectivity index (χ2v) is 3.92. The predicted octanol–water partition coefficient (Wildman–Crippen LogP) is 3.61. The van der Waals surface area contributed by atoms with Crippen LogP contribution in [0.4, 0.5) is 0 Å². The maximum Gasteiger partial charge on any atom is 0.0481 e. The monoisotopic (exact) mass is 203 g/mol. The molecular formula is C14H21N. The Morgan fingerprint density at radius 2 is 2.07 bits per heavy atom. The van der Waals surface area contributed by atoms with Crippen LogP contribution in [0, 0.1) is 0 Å². The number of hydrogen-bond acceptors (Lipinski definition) is 1. The van der Waals surface area contributed by atoms with Crippen LogP contribution in [0.3, 0.4) is 0 Å². The highest BCUT2D eigenvalue weighted by molar-refractivity contribution is 5.32. The van der Waals surface area contributed by atoms with Crippen LogP contribution in [0.2, 0.25) is 0 Å². The van der Waals surface area contributed by atoms with Crippen LogP contribution in [-0.2, 0) is 6.42 Å². The molecule has 0 fully saturated rings. The number of unbranched alkanes of at least 4 members (excludes halogenated alkanes) is 2. The maximum absolute atomic E-state index is 5.98. The van der Waals surface area contributed by atoms with Crippen molar-refractivity contribution in [1.82, 2.24) is 0 Å². The van der Waals surface area contributed by atoms with Crippen LogP contribution in [-0.4, -0.2) is 0 Å². The molecule has 1 atom stereocenters. The number of hydrogen-bond donors (Lipinski definition) is 1. The molecule has 0 saturated heterocycles. The first kappa shape index (κ1) is 12.0. The summed E-state index contributed by atoms with van der Waals surface area (Å²) >= 11 is 0. The van der Waals surface area contributed by atoms with Gasteiger partial charge in [0.05, 0.1) is 0 Å². The van der Waals surface area contributed by atoms with Gasteiger partial charge in [-0.05, 0) is 24.0 Å². The third-order valence-corrected chi connectivity index (χ3v) is 2.72. The average Bonchev–Trinajstić information content (AvgIpc) is 2.29. The molecule has 1 aromatic carbocycles. The van der Waals surface area contributed by atoms with Crippen molar-refractivity contribution >= 4 is 0 Å². The summed E-state index contributed by atoms with van der Waals surface area (Å²) in [5, 5.41) is 0. The van der Waals surface area contributed by atoms with E-state index in [0.717, 1.165) is 6.42 Å². The van der Waals surface area contributed by atoms with Crippen molar-refractivity contribution in [3.8, 4) is 0 Å². The van der Waals surface area contributed by atoms with Crippen LogP contribution in [0.15, 0.2) is 36.9 Å². The van der Waals surface area contributed by atoms with Gasteiger partial charge in [-0.2, -0.15) is 0 Å². The van der Waals surface area contributed by atoms with Crippen LogP contribution in [0.25, 0.3) is 0 Å². The van der Waals surface area contributed by atoms with E-state index in [2.05, 4.69) is 31.7 Å². The van der Waals surface area contributed by atoms with Crippen molar-refractivity contribution in [3.63, 3.8) is 0 Å². The quantitative estimate of drug-likeness (QED) is 0.555. The van der Waals surface area contributed by atoms with Crippen molar-refractivity contribution in [3.05, 3.63) is 48.0 Å². The SMILES string of the molecule is C=CC(N)c1ccccc1CCCCC. The molecule has 1 heteroatoms. The van der Waals surface area contributed by atoms with E-state index >= 15 is 0 Å². The molecule has 0 saturated carbocycles. The molecule has 0 bridgehead atoms. The Morgan fingerprint density at radius 1 is 1.33 bits per heavy atom. The fraction of sp³-hybridized carbons (Fsp3) is 0.429. The summed E-state index contributed by atoms with van der Waals surface area (Å²) in [6.07, 6.45) is 6.73. The zero-order valence-electron chi connectivity index (χ0n) is 9.58. The highest BCUT2D eigenvalue weighted by Crippen LogP contribution is 2.19. The lowest BCUT2D eigenvalue weighted by atomic mass is 9.97. The molecule has 82 valence electrons. The molecule has 1 aromatic rings. The molecule has 1 nitrogen and oxygen atoms in total. The van der Waals surface area contributed by atoms with Crippen LogP contribution in [0.5, 0.6) is 0 Å².